The largest absolute Gasteiger partial charge is 0.346 e. The van der Waals surface area contributed by atoms with Crippen molar-refractivity contribution in [2.45, 2.75) is 31.8 Å². The summed E-state index contributed by atoms with van der Waals surface area (Å²) in [5.41, 5.74) is 2.62. The highest BCUT2D eigenvalue weighted by atomic mass is 16.2. The number of nitrogens with one attached hydrogen (secondary N) is 2. The van der Waals surface area contributed by atoms with Crippen LogP contribution in [0, 0.1) is 11.3 Å². The molecule has 4 heterocycles. The number of nitrogens with zero attached hydrogens (tertiary/aromatic N) is 7. The number of fused-ring (bicyclic) bond motifs is 1. The van der Waals surface area contributed by atoms with Crippen molar-refractivity contribution >= 4 is 17.1 Å². The predicted octanol–water partition coefficient (Wildman–Crippen LogP) is 1.84. The molecule has 1 fully saturated rings. The lowest BCUT2D eigenvalue weighted by atomic mass is 10.1. The molecule has 1 aliphatic rings. The molecule has 1 aliphatic heterocycles. The molecule has 10 heteroatoms. The third kappa shape index (κ3) is 4.67. The summed E-state index contributed by atoms with van der Waals surface area (Å²) in [7, 11) is 1.66. The number of amides is 2. The maximum Gasteiger partial charge on any atom is 0.317 e. The van der Waals surface area contributed by atoms with Crippen LogP contribution in [0.1, 0.15) is 19.3 Å². The molecule has 0 aromatic carbocycles. The van der Waals surface area contributed by atoms with Gasteiger partial charge >= 0.3 is 6.03 Å². The van der Waals surface area contributed by atoms with E-state index >= 15 is 0 Å². The molecule has 162 valence electrons. The van der Waals surface area contributed by atoms with E-state index in [9.17, 15) is 4.79 Å². The Hall–Kier alpha value is -3.45. The maximum atomic E-state index is 11.9. The van der Waals surface area contributed by atoms with E-state index in [-0.39, 0.29) is 12.1 Å². The van der Waals surface area contributed by atoms with Crippen molar-refractivity contribution in [3.8, 4) is 17.3 Å². The summed E-state index contributed by atoms with van der Waals surface area (Å²) in [4.78, 5) is 28.0. The number of H-pyrrole nitrogens is 1. The molecule has 0 radical (unpaired) electrons. The van der Waals surface area contributed by atoms with Gasteiger partial charge in [0, 0.05) is 69.0 Å². The number of piperazine rings is 1. The Morgan fingerprint density at radius 2 is 2.16 bits per heavy atom. The van der Waals surface area contributed by atoms with E-state index < -0.39 is 0 Å². The van der Waals surface area contributed by atoms with Crippen molar-refractivity contribution in [2.75, 3.05) is 33.2 Å². The standard InChI is InChI=1S/C21H27N9O/c1-23-21(31)29-10-8-28(9-11-29)17(4-2-3-6-22)14-30-13-16(12-27-30)19-18-5-7-24-20(18)26-15-25-19/h5,7,12-13,15,17H,2-4,8-11,14H2,1H3,(H,23,31)(H,24,25,26)/t17-/m0/s1. The zero-order chi connectivity index (χ0) is 21.6. The highest BCUT2D eigenvalue weighted by Gasteiger charge is 2.26. The number of urea groups is 1. The first-order valence-electron chi connectivity index (χ1n) is 10.6. The molecule has 0 saturated carbocycles. The Balaban J connectivity index is 1.47. The molecular formula is C21H27N9O. The number of aromatic amines is 1. The number of rotatable bonds is 7. The van der Waals surface area contributed by atoms with Gasteiger partial charge in [0.2, 0.25) is 0 Å². The Bertz CT molecular complexity index is 1060. The summed E-state index contributed by atoms with van der Waals surface area (Å²) in [5, 5.41) is 17.2. The van der Waals surface area contributed by atoms with Gasteiger partial charge in [-0.1, -0.05) is 0 Å². The van der Waals surface area contributed by atoms with Gasteiger partial charge in [-0.05, 0) is 18.9 Å². The smallest absolute Gasteiger partial charge is 0.317 e. The van der Waals surface area contributed by atoms with E-state index in [2.05, 4.69) is 36.3 Å². The van der Waals surface area contributed by atoms with E-state index in [0.29, 0.717) is 19.5 Å². The summed E-state index contributed by atoms with van der Waals surface area (Å²) in [6.45, 7) is 3.76. The topological polar surface area (TPSA) is 119 Å². The molecule has 3 aromatic heterocycles. The molecular weight excluding hydrogens is 394 g/mol. The predicted molar refractivity (Wildman–Crippen MR) is 116 cm³/mol. The molecule has 3 aromatic rings. The van der Waals surface area contributed by atoms with E-state index in [1.54, 1.807) is 13.4 Å². The second-order valence-corrected chi connectivity index (χ2v) is 7.70. The zero-order valence-corrected chi connectivity index (χ0v) is 17.7. The van der Waals surface area contributed by atoms with E-state index in [1.807, 2.05) is 34.2 Å². The molecule has 0 unspecified atom stereocenters. The van der Waals surface area contributed by atoms with Gasteiger partial charge in [-0.25, -0.2) is 14.8 Å². The number of carbonyl (C=O) groups is 1. The summed E-state index contributed by atoms with van der Waals surface area (Å²) in [6.07, 6.45) is 9.58. The number of nitriles is 1. The number of aromatic nitrogens is 5. The Morgan fingerprint density at radius 3 is 2.94 bits per heavy atom. The third-order valence-electron chi connectivity index (χ3n) is 5.82. The van der Waals surface area contributed by atoms with E-state index in [1.165, 1.54) is 0 Å². The SMILES string of the molecule is CNC(=O)N1CCN([C@@H](CCCC#N)Cn2cc(-c3ncnc4[nH]ccc34)cn2)CC1. The lowest BCUT2D eigenvalue weighted by Gasteiger charge is -2.39. The molecule has 2 amide bonds. The zero-order valence-electron chi connectivity index (χ0n) is 17.7. The van der Waals surface area contributed by atoms with Crippen LogP contribution >= 0.6 is 0 Å². The fraction of sp³-hybridized carbons (Fsp3) is 0.476. The average Bonchev–Trinajstić information content (AvgIpc) is 3.47. The first-order valence-corrected chi connectivity index (χ1v) is 10.6. The van der Waals surface area contributed by atoms with Crippen molar-refractivity contribution in [1.29, 1.82) is 5.26 Å². The Morgan fingerprint density at radius 1 is 1.32 bits per heavy atom. The van der Waals surface area contributed by atoms with Gasteiger partial charge in [-0.3, -0.25) is 9.58 Å². The van der Waals surface area contributed by atoms with Crippen LogP contribution < -0.4 is 5.32 Å². The van der Waals surface area contributed by atoms with Crippen LogP contribution in [0.4, 0.5) is 4.79 Å². The summed E-state index contributed by atoms with van der Waals surface area (Å²) in [6, 6.07) is 4.44. The van der Waals surface area contributed by atoms with E-state index in [0.717, 1.165) is 54.8 Å². The monoisotopic (exact) mass is 421 g/mol. The molecule has 10 nitrogen and oxygen atoms in total. The van der Waals surface area contributed by atoms with Gasteiger partial charge in [-0.15, -0.1) is 0 Å². The third-order valence-corrected chi connectivity index (χ3v) is 5.82. The van der Waals surface area contributed by atoms with Crippen molar-refractivity contribution < 1.29 is 4.79 Å². The molecule has 0 aliphatic carbocycles. The van der Waals surface area contributed by atoms with Gasteiger partial charge in [0.05, 0.1) is 24.5 Å². The van der Waals surface area contributed by atoms with Crippen molar-refractivity contribution in [2.24, 2.45) is 0 Å². The molecule has 1 atom stereocenters. The van der Waals surface area contributed by atoms with Gasteiger partial charge in [0.1, 0.15) is 12.0 Å². The van der Waals surface area contributed by atoms with Crippen molar-refractivity contribution in [3.63, 3.8) is 0 Å². The van der Waals surface area contributed by atoms with Crippen LogP contribution in [0.15, 0.2) is 31.0 Å². The van der Waals surface area contributed by atoms with Crippen LogP contribution in [0.3, 0.4) is 0 Å². The number of unbranched alkanes of at least 4 members (excludes halogenated alkanes) is 1. The number of hydrogen-bond donors (Lipinski definition) is 2. The fourth-order valence-corrected chi connectivity index (χ4v) is 4.16. The van der Waals surface area contributed by atoms with Crippen LogP contribution in [-0.2, 0) is 6.54 Å². The highest BCUT2D eigenvalue weighted by Crippen LogP contribution is 2.24. The summed E-state index contributed by atoms with van der Waals surface area (Å²) in [5.74, 6) is 0. The minimum Gasteiger partial charge on any atom is -0.346 e. The first kappa shape index (κ1) is 20.8. The summed E-state index contributed by atoms with van der Waals surface area (Å²) >= 11 is 0. The average molecular weight is 422 g/mol. The first-order chi connectivity index (χ1) is 15.2. The van der Waals surface area contributed by atoms with E-state index in [4.69, 9.17) is 5.26 Å². The highest BCUT2D eigenvalue weighted by molar-refractivity contribution is 5.89. The van der Waals surface area contributed by atoms with Crippen LogP contribution in [-0.4, -0.2) is 79.8 Å². The van der Waals surface area contributed by atoms with Gasteiger partial charge in [-0.2, -0.15) is 10.4 Å². The van der Waals surface area contributed by atoms with Crippen LogP contribution in [0.5, 0.6) is 0 Å². The van der Waals surface area contributed by atoms with Crippen LogP contribution in [0.25, 0.3) is 22.3 Å². The second kappa shape index (κ2) is 9.57. The maximum absolute atomic E-state index is 11.9. The molecule has 1 saturated heterocycles. The second-order valence-electron chi connectivity index (χ2n) is 7.70. The quantitative estimate of drug-likeness (QED) is 0.562. The van der Waals surface area contributed by atoms with Crippen LogP contribution in [0.2, 0.25) is 0 Å². The molecule has 31 heavy (non-hydrogen) atoms. The van der Waals surface area contributed by atoms with Crippen molar-refractivity contribution in [3.05, 3.63) is 31.0 Å². The molecule has 0 spiro atoms. The lowest BCUT2D eigenvalue weighted by molar-refractivity contribution is 0.0941. The fourth-order valence-electron chi connectivity index (χ4n) is 4.16. The van der Waals surface area contributed by atoms with Gasteiger partial charge in [0.15, 0.2) is 0 Å². The Kier molecular flexibility index (Phi) is 6.43. The minimum atomic E-state index is -0.0293. The molecule has 0 bridgehead atoms. The lowest BCUT2D eigenvalue weighted by Crippen LogP contribution is -2.54. The minimum absolute atomic E-state index is 0.0293. The van der Waals surface area contributed by atoms with Crippen molar-refractivity contribution in [1.82, 2.24) is 39.8 Å². The number of hydrogen-bond acceptors (Lipinski definition) is 6. The summed E-state index contributed by atoms with van der Waals surface area (Å²) < 4.78 is 1.96. The molecule has 2 N–H and O–H groups in total. The van der Waals surface area contributed by atoms with Gasteiger partial charge < -0.3 is 15.2 Å². The van der Waals surface area contributed by atoms with Gasteiger partial charge in [0.25, 0.3) is 0 Å². The Labute approximate surface area is 180 Å². The normalized spacial score (nSPS) is 15.7. The molecule has 4 rings (SSSR count). The number of carbonyl (C=O) groups excluding carboxylic acids is 1.